The molecule has 0 aromatic carbocycles. The number of rotatable bonds is 5. The predicted molar refractivity (Wildman–Crippen MR) is 80.4 cm³/mol. The van der Waals surface area contributed by atoms with Gasteiger partial charge in [0, 0.05) is 20.3 Å². The molecule has 0 saturated heterocycles. The van der Waals surface area contributed by atoms with E-state index >= 15 is 0 Å². The van der Waals surface area contributed by atoms with Crippen molar-refractivity contribution in [3.05, 3.63) is 29.4 Å². The van der Waals surface area contributed by atoms with Crippen LogP contribution in [0.1, 0.15) is 17.4 Å². The fraction of sp³-hybridized carbons (Fsp3) is 0.333. The molecule has 0 bridgehead atoms. The van der Waals surface area contributed by atoms with E-state index in [2.05, 4.69) is 9.71 Å². The molecule has 0 spiro atoms. The van der Waals surface area contributed by atoms with E-state index in [0.717, 1.165) is 6.20 Å². The minimum absolute atomic E-state index is 0.0408. The number of aromatic nitrogens is 3. The Labute approximate surface area is 132 Å². The van der Waals surface area contributed by atoms with Gasteiger partial charge in [0.05, 0.1) is 18.5 Å². The molecule has 0 unspecified atom stereocenters. The molecule has 0 fully saturated rings. The molecule has 2 aromatic rings. The Morgan fingerprint density at radius 2 is 2.14 bits per heavy atom. The first-order chi connectivity index (χ1) is 10.3. The number of hydrogen-bond donors (Lipinski definition) is 1. The van der Waals surface area contributed by atoms with Gasteiger partial charge >= 0.3 is 5.97 Å². The maximum absolute atomic E-state index is 12.4. The number of anilines is 1. The summed E-state index contributed by atoms with van der Waals surface area (Å²) < 4.78 is 34.7. The number of ether oxygens (including phenoxy) is 1. The van der Waals surface area contributed by atoms with Crippen molar-refractivity contribution < 1.29 is 17.9 Å². The lowest BCUT2D eigenvalue weighted by Gasteiger charge is -2.10. The van der Waals surface area contributed by atoms with Gasteiger partial charge in [-0.15, -0.1) is 0 Å². The van der Waals surface area contributed by atoms with E-state index in [4.69, 9.17) is 16.3 Å². The Kier molecular flexibility index (Phi) is 4.47. The Balaban J connectivity index is 2.39. The van der Waals surface area contributed by atoms with E-state index in [9.17, 15) is 13.2 Å². The summed E-state index contributed by atoms with van der Waals surface area (Å²) >= 11 is 5.75. The van der Waals surface area contributed by atoms with Gasteiger partial charge in [-0.3, -0.25) is 4.72 Å². The molecule has 2 heterocycles. The van der Waals surface area contributed by atoms with Crippen molar-refractivity contribution in [2.45, 2.75) is 11.9 Å². The van der Waals surface area contributed by atoms with Gasteiger partial charge in [0.2, 0.25) is 5.28 Å². The first-order valence-corrected chi connectivity index (χ1v) is 8.16. The van der Waals surface area contributed by atoms with Crippen molar-refractivity contribution in [1.82, 2.24) is 14.1 Å². The molecule has 10 heteroatoms. The third-order valence-electron chi connectivity index (χ3n) is 2.95. The van der Waals surface area contributed by atoms with Crippen LogP contribution in [-0.4, -0.2) is 35.1 Å². The zero-order chi connectivity index (χ0) is 16.5. The van der Waals surface area contributed by atoms with Crippen molar-refractivity contribution >= 4 is 33.3 Å². The summed E-state index contributed by atoms with van der Waals surface area (Å²) in [5.74, 6) is -0.615. The van der Waals surface area contributed by atoms with Gasteiger partial charge in [0.15, 0.2) is 10.7 Å². The maximum Gasteiger partial charge on any atom is 0.357 e. The number of aryl methyl sites for hydroxylation is 1. The van der Waals surface area contributed by atoms with Crippen LogP contribution in [0.3, 0.4) is 0 Å². The van der Waals surface area contributed by atoms with Crippen LogP contribution >= 0.6 is 11.6 Å². The largest absolute Gasteiger partial charge is 0.461 e. The Bertz CT molecular complexity index is 809. The van der Waals surface area contributed by atoms with Crippen molar-refractivity contribution in [1.29, 1.82) is 0 Å². The second-order valence-electron chi connectivity index (χ2n) is 4.44. The second-order valence-corrected chi connectivity index (χ2v) is 6.41. The quantitative estimate of drug-likeness (QED) is 0.825. The van der Waals surface area contributed by atoms with Crippen LogP contribution in [-0.2, 0) is 28.9 Å². The van der Waals surface area contributed by atoms with E-state index in [1.807, 2.05) is 0 Å². The van der Waals surface area contributed by atoms with Crippen molar-refractivity contribution in [2.24, 2.45) is 14.1 Å². The number of sulfonamides is 1. The lowest BCUT2D eigenvalue weighted by molar-refractivity contribution is 0.0516. The number of carbonyl (C=O) groups excluding carboxylic acids is 1. The summed E-state index contributed by atoms with van der Waals surface area (Å²) in [6.45, 7) is 1.86. The molecule has 1 N–H and O–H groups in total. The predicted octanol–water partition coefficient (Wildman–Crippen LogP) is 1.39. The van der Waals surface area contributed by atoms with Crippen molar-refractivity contribution in [3.8, 4) is 0 Å². The normalized spacial score (nSPS) is 11.5. The molecule has 0 atom stereocenters. The molecule has 120 valence electrons. The third-order valence-corrected chi connectivity index (χ3v) is 4.72. The number of imidazole rings is 1. The number of esters is 1. The first kappa shape index (κ1) is 16.4. The average Bonchev–Trinajstić information content (AvgIpc) is 2.94. The summed E-state index contributed by atoms with van der Waals surface area (Å²) in [6.07, 6.45) is 2.69. The lowest BCUT2D eigenvalue weighted by Crippen LogP contribution is -2.19. The summed E-state index contributed by atoms with van der Waals surface area (Å²) in [7, 11) is -0.846. The molecular formula is C12H15ClN4O4S. The minimum Gasteiger partial charge on any atom is -0.461 e. The highest BCUT2D eigenvalue weighted by Gasteiger charge is 2.25. The lowest BCUT2D eigenvalue weighted by atomic mass is 10.4. The zero-order valence-corrected chi connectivity index (χ0v) is 13.8. The van der Waals surface area contributed by atoms with Crippen LogP contribution in [0.5, 0.6) is 0 Å². The smallest absolute Gasteiger partial charge is 0.357 e. The molecule has 0 aliphatic carbocycles. The van der Waals surface area contributed by atoms with Gasteiger partial charge in [-0.05, 0) is 24.6 Å². The molecular weight excluding hydrogens is 332 g/mol. The topological polar surface area (TPSA) is 95.2 Å². The van der Waals surface area contributed by atoms with Crippen molar-refractivity contribution in [3.63, 3.8) is 0 Å². The van der Waals surface area contributed by atoms with Crippen LogP contribution in [0.25, 0.3) is 0 Å². The maximum atomic E-state index is 12.4. The molecule has 0 aliphatic heterocycles. The summed E-state index contributed by atoms with van der Waals surface area (Å²) in [4.78, 5) is 15.7. The molecule has 0 saturated carbocycles. The van der Waals surface area contributed by atoms with E-state index in [1.165, 1.54) is 22.2 Å². The van der Waals surface area contributed by atoms with Gasteiger partial charge in [-0.25, -0.2) is 9.78 Å². The highest BCUT2D eigenvalue weighted by Crippen LogP contribution is 2.22. The highest BCUT2D eigenvalue weighted by molar-refractivity contribution is 7.92. The number of hydrogen-bond acceptors (Lipinski definition) is 5. The number of nitrogens with one attached hydrogen (secondary N) is 1. The van der Waals surface area contributed by atoms with Crippen LogP contribution in [0.15, 0.2) is 23.5 Å². The summed E-state index contributed by atoms with van der Waals surface area (Å²) in [6, 6.07) is 1.47. The summed E-state index contributed by atoms with van der Waals surface area (Å²) in [5, 5.41) is -0.0739. The van der Waals surface area contributed by atoms with Crippen molar-refractivity contribution in [2.75, 3.05) is 11.3 Å². The minimum atomic E-state index is -3.94. The molecule has 2 rings (SSSR count). The summed E-state index contributed by atoms with van der Waals surface area (Å²) in [5.41, 5.74) is 0.233. The van der Waals surface area contributed by atoms with E-state index in [-0.39, 0.29) is 28.3 Å². The SMILES string of the molecule is CCOC(=O)c1c(NS(=O)(=O)c2cnc(Cl)n2C)ccn1C. The highest BCUT2D eigenvalue weighted by atomic mass is 35.5. The molecule has 22 heavy (non-hydrogen) atoms. The molecule has 0 amide bonds. The third kappa shape index (κ3) is 2.95. The average molecular weight is 347 g/mol. The number of nitrogens with zero attached hydrogens (tertiary/aromatic N) is 3. The Hall–Kier alpha value is -2.00. The van der Waals surface area contributed by atoms with E-state index in [1.54, 1.807) is 20.2 Å². The molecule has 2 aromatic heterocycles. The fourth-order valence-electron chi connectivity index (χ4n) is 1.88. The van der Waals surface area contributed by atoms with Crippen LogP contribution in [0.2, 0.25) is 5.28 Å². The monoisotopic (exact) mass is 346 g/mol. The van der Waals surface area contributed by atoms with Crippen LogP contribution in [0, 0.1) is 0 Å². The van der Waals surface area contributed by atoms with Gasteiger partial charge in [0.1, 0.15) is 0 Å². The second kappa shape index (κ2) is 6.01. The Morgan fingerprint density at radius 1 is 1.45 bits per heavy atom. The van der Waals surface area contributed by atoms with Gasteiger partial charge in [-0.2, -0.15) is 8.42 Å². The fourth-order valence-corrected chi connectivity index (χ4v) is 3.27. The molecule has 0 aliphatic rings. The zero-order valence-electron chi connectivity index (χ0n) is 12.2. The molecule has 8 nitrogen and oxygen atoms in total. The Morgan fingerprint density at radius 3 is 2.68 bits per heavy atom. The first-order valence-electron chi connectivity index (χ1n) is 6.30. The van der Waals surface area contributed by atoms with Crippen LogP contribution in [0.4, 0.5) is 5.69 Å². The van der Waals surface area contributed by atoms with Gasteiger partial charge in [0.25, 0.3) is 10.0 Å². The number of halogens is 1. The van der Waals surface area contributed by atoms with Gasteiger partial charge < -0.3 is 13.9 Å². The van der Waals surface area contributed by atoms with Crippen LogP contribution < -0.4 is 4.72 Å². The molecule has 0 radical (unpaired) electrons. The van der Waals surface area contributed by atoms with Gasteiger partial charge in [-0.1, -0.05) is 0 Å². The number of carbonyl (C=O) groups is 1. The standard InChI is InChI=1S/C12H15ClN4O4S/c1-4-21-11(18)10-8(5-6-16(10)2)15-22(19,20)9-7-14-12(13)17(9)3/h5-7,15H,4H2,1-3H3. The van der Waals surface area contributed by atoms with E-state index in [0.29, 0.717) is 0 Å². The van der Waals surface area contributed by atoms with E-state index < -0.39 is 16.0 Å².